The Hall–Kier alpha value is -2.34. The van der Waals surface area contributed by atoms with Gasteiger partial charge in [-0.1, -0.05) is 29.3 Å². The number of carbonyl (C=O) groups is 1. The summed E-state index contributed by atoms with van der Waals surface area (Å²) in [5, 5.41) is 2.34. The monoisotopic (exact) mass is 496 g/mol. The van der Waals surface area contributed by atoms with Crippen LogP contribution in [0.15, 0.2) is 48.9 Å². The third-order valence-corrected chi connectivity index (χ3v) is 8.09. The molecule has 1 amide bonds. The molecule has 5 nitrogen and oxygen atoms in total. The maximum absolute atomic E-state index is 12.6. The first-order valence-corrected chi connectivity index (χ1v) is 12.9. The fourth-order valence-electron chi connectivity index (χ4n) is 5.35. The summed E-state index contributed by atoms with van der Waals surface area (Å²) in [7, 11) is 0. The quantitative estimate of drug-likeness (QED) is 0.440. The molecule has 0 aliphatic carbocycles. The number of amides is 1. The number of H-pyrrole nitrogens is 1. The van der Waals surface area contributed by atoms with Crippen LogP contribution in [0.2, 0.25) is 10.0 Å². The van der Waals surface area contributed by atoms with Crippen molar-refractivity contribution in [2.45, 2.75) is 31.6 Å². The van der Waals surface area contributed by atoms with Crippen LogP contribution in [-0.2, 0) is 4.79 Å². The van der Waals surface area contributed by atoms with Crippen molar-refractivity contribution < 1.29 is 4.79 Å². The zero-order chi connectivity index (χ0) is 23.5. The van der Waals surface area contributed by atoms with Crippen LogP contribution in [-0.4, -0.2) is 58.4 Å². The van der Waals surface area contributed by atoms with Gasteiger partial charge < -0.3 is 14.8 Å². The van der Waals surface area contributed by atoms with Gasteiger partial charge in [0.1, 0.15) is 0 Å². The van der Waals surface area contributed by atoms with E-state index in [4.69, 9.17) is 23.2 Å². The number of fused-ring (bicyclic) bond motifs is 1. The highest BCUT2D eigenvalue weighted by atomic mass is 35.5. The van der Waals surface area contributed by atoms with E-state index in [9.17, 15) is 4.79 Å². The number of likely N-dealkylation sites (tertiary alicyclic amines) is 2. The standard InChI is InChI=1S/C27H30Cl2N4O/c28-24-3-1-19(15-25(24)29)2-4-27(34)33-13-6-20(7-14-33)18-32-11-8-21(9-12-32)23-16-31-26-17-30-10-5-22(23)26/h1-5,10,15-17,20-21,31H,6-9,11-14,18H2/b4-2+. The predicted octanol–water partition coefficient (Wildman–Crippen LogP) is 6.00. The van der Waals surface area contributed by atoms with E-state index in [1.807, 2.05) is 29.4 Å². The lowest BCUT2D eigenvalue weighted by Crippen LogP contribution is -2.42. The summed E-state index contributed by atoms with van der Waals surface area (Å²) in [4.78, 5) is 24.8. The van der Waals surface area contributed by atoms with Gasteiger partial charge in [0.2, 0.25) is 5.91 Å². The number of carbonyl (C=O) groups excluding carboxylic acids is 1. The number of aromatic amines is 1. The zero-order valence-electron chi connectivity index (χ0n) is 19.2. The van der Waals surface area contributed by atoms with Crippen LogP contribution in [0.3, 0.4) is 0 Å². The van der Waals surface area contributed by atoms with Crippen LogP contribution in [0.4, 0.5) is 0 Å². The molecule has 2 saturated heterocycles. The van der Waals surface area contributed by atoms with Gasteiger partial charge in [-0.2, -0.15) is 0 Å². The summed E-state index contributed by atoms with van der Waals surface area (Å²) >= 11 is 12.0. The fraction of sp³-hybridized carbons (Fsp3) is 0.407. The molecule has 34 heavy (non-hydrogen) atoms. The number of hydrogen-bond acceptors (Lipinski definition) is 3. The van der Waals surface area contributed by atoms with Crippen molar-refractivity contribution in [3.63, 3.8) is 0 Å². The second-order valence-corrected chi connectivity index (χ2v) is 10.3. The number of nitrogens with zero attached hydrogens (tertiary/aromatic N) is 3. The topological polar surface area (TPSA) is 52.2 Å². The van der Waals surface area contributed by atoms with Crippen molar-refractivity contribution in [2.75, 3.05) is 32.7 Å². The van der Waals surface area contributed by atoms with Crippen molar-refractivity contribution >= 4 is 46.1 Å². The number of halogens is 2. The van der Waals surface area contributed by atoms with Crippen LogP contribution >= 0.6 is 23.2 Å². The molecule has 0 unspecified atom stereocenters. The van der Waals surface area contributed by atoms with E-state index < -0.39 is 0 Å². The maximum atomic E-state index is 12.6. The van der Waals surface area contributed by atoms with Gasteiger partial charge in [0.05, 0.1) is 21.8 Å². The minimum absolute atomic E-state index is 0.0688. The van der Waals surface area contributed by atoms with Crippen molar-refractivity contribution in [3.05, 3.63) is 70.1 Å². The molecule has 2 aliphatic rings. The van der Waals surface area contributed by atoms with E-state index in [1.54, 1.807) is 18.2 Å². The van der Waals surface area contributed by atoms with Gasteiger partial charge in [0, 0.05) is 43.5 Å². The van der Waals surface area contributed by atoms with E-state index in [-0.39, 0.29) is 5.91 Å². The minimum atomic E-state index is 0.0688. The molecule has 5 rings (SSSR count). The number of aromatic nitrogens is 2. The van der Waals surface area contributed by atoms with Gasteiger partial charge in [-0.25, -0.2) is 0 Å². The van der Waals surface area contributed by atoms with Crippen LogP contribution in [0.1, 0.15) is 42.7 Å². The molecule has 1 N–H and O–H groups in total. The first-order chi connectivity index (χ1) is 16.6. The maximum Gasteiger partial charge on any atom is 0.246 e. The Morgan fingerprint density at radius 3 is 2.62 bits per heavy atom. The van der Waals surface area contributed by atoms with Crippen LogP contribution in [0, 0.1) is 5.92 Å². The Kier molecular flexibility index (Phi) is 7.23. The number of piperidine rings is 2. The molecular formula is C27H30Cl2N4O. The van der Waals surface area contributed by atoms with Crippen LogP contribution < -0.4 is 0 Å². The molecule has 2 aromatic heterocycles. The lowest BCUT2D eigenvalue weighted by molar-refractivity contribution is -0.127. The Balaban J connectivity index is 1.07. The SMILES string of the molecule is O=C(/C=C/c1ccc(Cl)c(Cl)c1)N1CCC(CN2CCC(c3c[nH]c4cnccc34)CC2)CC1. The van der Waals surface area contributed by atoms with Gasteiger partial charge >= 0.3 is 0 Å². The summed E-state index contributed by atoms with van der Waals surface area (Å²) in [6.07, 6.45) is 14.0. The van der Waals surface area contributed by atoms with E-state index >= 15 is 0 Å². The van der Waals surface area contributed by atoms with Crippen LogP contribution in [0.5, 0.6) is 0 Å². The number of pyridine rings is 1. The van der Waals surface area contributed by atoms with Gasteiger partial charge in [-0.05, 0) is 86.0 Å². The average molecular weight is 497 g/mol. The Morgan fingerprint density at radius 1 is 1.06 bits per heavy atom. The average Bonchev–Trinajstić information content (AvgIpc) is 3.30. The third kappa shape index (κ3) is 5.32. The summed E-state index contributed by atoms with van der Waals surface area (Å²) < 4.78 is 0. The minimum Gasteiger partial charge on any atom is -0.360 e. The molecule has 7 heteroatoms. The lowest BCUT2D eigenvalue weighted by Gasteiger charge is -2.37. The first kappa shape index (κ1) is 23.4. The Bertz CT molecular complexity index is 1170. The highest BCUT2D eigenvalue weighted by Crippen LogP contribution is 2.33. The molecule has 0 saturated carbocycles. The second kappa shape index (κ2) is 10.5. The Morgan fingerprint density at radius 2 is 1.85 bits per heavy atom. The molecule has 2 fully saturated rings. The van der Waals surface area contributed by atoms with Gasteiger partial charge in [0.15, 0.2) is 0 Å². The smallest absolute Gasteiger partial charge is 0.246 e. The Labute approximate surface area is 210 Å². The second-order valence-electron chi connectivity index (χ2n) is 9.52. The van der Waals surface area contributed by atoms with E-state index in [1.165, 1.54) is 23.8 Å². The van der Waals surface area contributed by atoms with Gasteiger partial charge in [-0.15, -0.1) is 0 Å². The van der Waals surface area contributed by atoms with Crippen molar-refractivity contribution in [2.24, 2.45) is 5.92 Å². The first-order valence-electron chi connectivity index (χ1n) is 12.1. The molecule has 1 aromatic carbocycles. The molecule has 178 valence electrons. The van der Waals surface area contributed by atoms with Gasteiger partial charge in [0.25, 0.3) is 0 Å². The zero-order valence-corrected chi connectivity index (χ0v) is 20.7. The fourth-order valence-corrected chi connectivity index (χ4v) is 5.66. The largest absolute Gasteiger partial charge is 0.360 e. The molecule has 0 bridgehead atoms. The molecule has 3 aromatic rings. The summed E-state index contributed by atoms with van der Waals surface area (Å²) in [6.45, 7) is 5.09. The van der Waals surface area contributed by atoms with Crippen molar-refractivity contribution in [1.82, 2.24) is 19.8 Å². The molecule has 0 spiro atoms. The van der Waals surface area contributed by atoms with E-state index in [2.05, 4.69) is 27.1 Å². The highest BCUT2D eigenvalue weighted by Gasteiger charge is 2.27. The van der Waals surface area contributed by atoms with Crippen molar-refractivity contribution in [1.29, 1.82) is 0 Å². The normalized spacial score (nSPS) is 18.8. The number of rotatable bonds is 5. The summed E-state index contributed by atoms with van der Waals surface area (Å²) in [5.74, 6) is 1.35. The summed E-state index contributed by atoms with van der Waals surface area (Å²) in [5.41, 5.74) is 3.45. The lowest BCUT2D eigenvalue weighted by atomic mass is 9.88. The highest BCUT2D eigenvalue weighted by molar-refractivity contribution is 6.42. The summed E-state index contributed by atoms with van der Waals surface area (Å²) in [6, 6.07) is 7.52. The predicted molar refractivity (Wildman–Crippen MR) is 139 cm³/mol. The van der Waals surface area contributed by atoms with E-state index in [0.717, 1.165) is 56.6 Å². The van der Waals surface area contributed by atoms with Crippen LogP contribution in [0.25, 0.3) is 17.0 Å². The number of nitrogens with one attached hydrogen (secondary N) is 1. The number of hydrogen-bond donors (Lipinski definition) is 1. The molecule has 2 aliphatic heterocycles. The molecular weight excluding hydrogens is 467 g/mol. The molecule has 0 atom stereocenters. The van der Waals surface area contributed by atoms with Crippen molar-refractivity contribution in [3.8, 4) is 0 Å². The third-order valence-electron chi connectivity index (χ3n) is 7.35. The van der Waals surface area contributed by atoms with E-state index in [0.29, 0.717) is 21.9 Å². The molecule has 0 radical (unpaired) electrons. The van der Waals surface area contributed by atoms with Gasteiger partial charge in [-0.3, -0.25) is 9.78 Å². The molecule has 4 heterocycles. The number of benzene rings is 1.